The summed E-state index contributed by atoms with van der Waals surface area (Å²) in [5.74, 6) is 1.61. The summed E-state index contributed by atoms with van der Waals surface area (Å²) in [4.78, 5) is 6.37. The first-order valence-electron chi connectivity index (χ1n) is 6.24. The van der Waals surface area contributed by atoms with E-state index in [9.17, 15) is 5.11 Å². The Morgan fingerprint density at radius 3 is 2.75 bits per heavy atom. The Bertz CT molecular complexity index is 590. The fraction of sp³-hybridized carbons (Fsp3) is 0.267. The largest absolute Gasteiger partial charge is 0.496 e. The Hall–Kier alpha value is -1.59. The zero-order chi connectivity index (χ0) is 14.5. The zero-order valence-corrected chi connectivity index (χ0v) is 13.1. The number of halogens is 1. The molecule has 106 valence electrons. The average Bonchev–Trinajstić information content (AvgIpc) is 2.47. The summed E-state index contributed by atoms with van der Waals surface area (Å²) < 4.78 is 6.21. The highest BCUT2D eigenvalue weighted by Crippen LogP contribution is 2.25. The number of anilines is 1. The number of nitrogens with zero attached hydrogens (tertiary/aromatic N) is 2. The molecule has 1 aromatic carbocycles. The number of rotatable bonds is 5. The van der Waals surface area contributed by atoms with Gasteiger partial charge in [0, 0.05) is 35.4 Å². The molecule has 0 atom stereocenters. The molecule has 4 nitrogen and oxygen atoms in total. The van der Waals surface area contributed by atoms with Crippen LogP contribution in [0.1, 0.15) is 11.1 Å². The Morgan fingerprint density at radius 1 is 1.30 bits per heavy atom. The van der Waals surface area contributed by atoms with Crippen LogP contribution >= 0.6 is 15.9 Å². The van der Waals surface area contributed by atoms with Crippen LogP contribution in [0.25, 0.3) is 0 Å². The third-order valence-electron chi connectivity index (χ3n) is 3.04. The van der Waals surface area contributed by atoms with Crippen LogP contribution in [0.2, 0.25) is 0 Å². The number of pyridine rings is 1. The fourth-order valence-corrected chi connectivity index (χ4v) is 2.48. The molecule has 2 aromatic rings. The van der Waals surface area contributed by atoms with Gasteiger partial charge in [0.05, 0.1) is 13.7 Å². The topological polar surface area (TPSA) is 45.6 Å². The third-order valence-corrected chi connectivity index (χ3v) is 3.48. The number of aliphatic hydroxyl groups excluding tert-OH is 1. The number of para-hydroxylation sites is 1. The molecule has 1 N–H and O–H groups in total. The van der Waals surface area contributed by atoms with Gasteiger partial charge in [0.2, 0.25) is 0 Å². The number of ether oxygens (including phenoxy) is 1. The molecule has 0 fully saturated rings. The second-order valence-electron chi connectivity index (χ2n) is 4.46. The molecular formula is C15H17BrN2O2. The van der Waals surface area contributed by atoms with E-state index < -0.39 is 0 Å². The standard InChI is InChI=1S/C15H17BrN2O2/c1-18(9-11-5-3-4-6-14(11)20-2)15-12(10-19)7-13(16)8-17-15/h3-8,19H,9-10H2,1-2H3. The van der Waals surface area contributed by atoms with Gasteiger partial charge in [-0.2, -0.15) is 0 Å². The van der Waals surface area contributed by atoms with E-state index >= 15 is 0 Å². The first-order chi connectivity index (χ1) is 9.65. The molecule has 0 bridgehead atoms. The molecular weight excluding hydrogens is 320 g/mol. The monoisotopic (exact) mass is 336 g/mol. The highest BCUT2D eigenvalue weighted by atomic mass is 79.9. The van der Waals surface area contributed by atoms with Crippen LogP contribution in [0.3, 0.4) is 0 Å². The van der Waals surface area contributed by atoms with Gasteiger partial charge in [-0.15, -0.1) is 0 Å². The Kier molecular flexibility index (Phi) is 4.98. The van der Waals surface area contributed by atoms with Crippen LogP contribution in [0.4, 0.5) is 5.82 Å². The summed E-state index contributed by atoms with van der Waals surface area (Å²) in [6, 6.07) is 9.76. The molecule has 20 heavy (non-hydrogen) atoms. The number of aromatic nitrogens is 1. The normalized spacial score (nSPS) is 10.4. The van der Waals surface area contributed by atoms with Crippen LogP contribution in [0, 0.1) is 0 Å². The zero-order valence-electron chi connectivity index (χ0n) is 11.5. The minimum Gasteiger partial charge on any atom is -0.496 e. The maximum Gasteiger partial charge on any atom is 0.134 e. The van der Waals surface area contributed by atoms with Gasteiger partial charge < -0.3 is 14.7 Å². The lowest BCUT2D eigenvalue weighted by molar-refractivity contribution is 0.281. The third kappa shape index (κ3) is 3.29. The summed E-state index contributed by atoms with van der Waals surface area (Å²) in [6.45, 7) is 0.615. The molecule has 2 rings (SSSR count). The van der Waals surface area contributed by atoms with Crippen molar-refractivity contribution in [2.24, 2.45) is 0 Å². The van der Waals surface area contributed by atoms with Crippen LogP contribution in [-0.4, -0.2) is 24.2 Å². The molecule has 0 saturated carbocycles. The summed E-state index contributed by atoms with van der Waals surface area (Å²) in [7, 11) is 3.61. The van der Waals surface area contributed by atoms with Crippen molar-refractivity contribution in [1.29, 1.82) is 0 Å². The first kappa shape index (κ1) is 14.8. The number of methoxy groups -OCH3 is 1. The quantitative estimate of drug-likeness (QED) is 0.911. The summed E-state index contributed by atoms with van der Waals surface area (Å²) in [6.07, 6.45) is 1.73. The van der Waals surface area contributed by atoms with E-state index in [1.807, 2.05) is 42.3 Å². The van der Waals surface area contributed by atoms with Gasteiger partial charge in [-0.3, -0.25) is 0 Å². The van der Waals surface area contributed by atoms with Gasteiger partial charge in [0.15, 0.2) is 0 Å². The smallest absolute Gasteiger partial charge is 0.134 e. The number of aliphatic hydroxyl groups is 1. The van der Waals surface area contributed by atoms with E-state index in [0.717, 1.165) is 27.2 Å². The van der Waals surface area contributed by atoms with Crippen LogP contribution in [0.15, 0.2) is 41.0 Å². The van der Waals surface area contributed by atoms with Crippen molar-refractivity contribution in [2.45, 2.75) is 13.2 Å². The molecule has 1 aromatic heterocycles. The minimum absolute atomic E-state index is 0.0436. The van der Waals surface area contributed by atoms with Crippen molar-refractivity contribution < 1.29 is 9.84 Å². The van der Waals surface area contributed by atoms with Crippen LogP contribution in [-0.2, 0) is 13.2 Å². The lowest BCUT2D eigenvalue weighted by atomic mass is 10.2. The molecule has 0 unspecified atom stereocenters. The van der Waals surface area contributed by atoms with E-state index in [4.69, 9.17) is 4.74 Å². The molecule has 0 amide bonds. The Labute approximate surface area is 127 Å². The predicted octanol–water partition coefficient (Wildman–Crippen LogP) is 2.98. The SMILES string of the molecule is COc1ccccc1CN(C)c1ncc(Br)cc1CO. The van der Waals surface area contributed by atoms with Crippen LogP contribution in [0.5, 0.6) is 5.75 Å². The van der Waals surface area contributed by atoms with Gasteiger partial charge in [-0.05, 0) is 28.1 Å². The summed E-state index contributed by atoms with van der Waals surface area (Å²) in [5, 5.41) is 9.45. The van der Waals surface area contributed by atoms with E-state index in [1.54, 1.807) is 13.3 Å². The molecule has 1 heterocycles. The average molecular weight is 337 g/mol. The van der Waals surface area contributed by atoms with Gasteiger partial charge in [0.25, 0.3) is 0 Å². The molecule has 0 spiro atoms. The van der Waals surface area contributed by atoms with Crippen molar-refractivity contribution in [3.8, 4) is 5.75 Å². The van der Waals surface area contributed by atoms with Crippen molar-refractivity contribution in [2.75, 3.05) is 19.1 Å². The van der Waals surface area contributed by atoms with E-state index in [1.165, 1.54) is 0 Å². The Morgan fingerprint density at radius 2 is 2.05 bits per heavy atom. The molecule has 0 radical (unpaired) electrons. The summed E-state index contributed by atoms with van der Waals surface area (Å²) >= 11 is 3.36. The van der Waals surface area contributed by atoms with Crippen LogP contribution < -0.4 is 9.64 Å². The Balaban J connectivity index is 2.26. The molecule has 0 saturated heterocycles. The summed E-state index contributed by atoms with van der Waals surface area (Å²) in [5.41, 5.74) is 1.86. The minimum atomic E-state index is -0.0436. The van der Waals surface area contributed by atoms with Gasteiger partial charge in [-0.25, -0.2) is 4.98 Å². The van der Waals surface area contributed by atoms with Crippen molar-refractivity contribution in [1.82, 2.24) is 4.98 Å². The molecule has 5 heteroatoms. The number of hydrogen-bond acceptors (Lipinski definition) is 4. The second-order valence-corrected chi connectivity index (χ2v) is 5.38. The van der Waals surface area contributed by atoms with Crippen molar-refractivity contribution in [3.05, 3.63) is 52.1 Å². The lowest BCUT2D eigenvalue weighted by Gasteiger charge is -2.22. The van der Waals surface area contributed by atoms with E-state index in [-0.39, 0.29) is 6.61 Å². The highest BCUT2D eigenvalue weighted by molar-refractivity contribution is 9.10. The van der Waals surface area contributed by atoms with Gasteiger partial charge in [0.1, 0.15) is 11.6 Å². The number of hydrogen-bond donors (Lipinski definition) is 1. The van der Waals surface area contributed by atoms with Crippen molar-refractivity contribution in [3.63, 3.8) is 0 Å². The van der Waals surface area contributed by atoms with Crippen molar-refractivity contribution >= 4 is 21.7 Å². The fourth-order valence-electron chi connectivity index (χ4n) is 2.10. The van der Waals surface area contributed by atoms with Gasteiger partial charge in [-0.1, -0.05) is 18.2 Å². The van der Waals surface area contributed by atoms with Gasteiger partial charge >= 0.3 is 0 Å². The molecule has 0 aliphatic carbocycles. The highest BCUT2D eigenvalue weighted by Gasteiger charge is 2.11. The molecule has 0 aliphatic rings. The first-order valence-corrected chi connectivity index (χ1v) is 7.03. The maximum atomic E-state index is 9.45. The second kappa shape index (κ2) is 6.72. The molecule has 0 aliphatic heterocycles. The predicted molar refractivity (Wildman–Crippen MR) is 83.0 cm³/mol. The number of benzene rings is 1. The van der Waals surface area contributed by atoms with E-state index in [2.05, 4.69) is 20.9 Å². The van der Waals surface area contributed by atoms with E-state index in [0.29, 0.717) is 6.54 Å². The maximum absolute atomic E-state index is 9.45. The lowest BCUT2D eigenvalue weighted by Crippen LogP contribution is -2.20.